The zero-order valence-electron chi connectivity index (χ0n) is 11.4. The van der Waals surface area contributed by atoms with E-state index in [4.69, 9.17) is 5.11 Å². The third kappa shape index (κ3) is 2.45. The van der Waals surface area contributed by atoms with Gasteiger partial charge in [-0.25, -0.2) is 14.0 Å². The number of nitrogens with zero attached hydrogens (tertiary/aromatic N) is 1. The summed E-state index contributed by atoms with van der Waals surface area (Å²) >= 11 is 0. The lowest BCUT2D eigenvalue weighted by Crippen LogP contribution is -2.59. The first-order valence-electron chi connectivity index (χ1n) is 6.40. The van der Waals surface area contributed by atoms with Crippen LogP contribution in [0.4, 0.5) is 9.18 Å². The fraction of sp³-hybridized carbons (Fsp3) is 0.429. The monoisotopic (exact) mass is 280 g/mol. The van der Waals surface area contributed by atoms with Crippen molar-refractivity contribution in [2.24, 2.45) is 0 Å². The summed E-state index contributed by atoms with van der Waals surface area (Å²) in [7, 11) is 0. The molecule has 0 aliphatic carbocycles. The van der Waals surface area contributed by atoms with Gasteiger partial charge >= 0.3 is 12.0 Å². The van der Waals surface area contributed by atoms with Gasteiger partial charge in [-0.05, 0) is 26.3 Å². The molecule has 1 atom stereocenters. The Balaban J connectivity index is 2.16. The summed E-state index contributed by atoms with van der Waals surface area (Å²) < 4.78 is 13.7. The maximum Gasteiger partial charge on any atom is 0.329 e. The standard InChI is InChI=1S/C14H17FN2O3/c1-14(2,12(18)19)17-8-7-11(16-13(17)20)9-5-3-4-6-10(9)15/h3-6,11H,7-8H2,1-2H3,(H,16,20)(H,18,19). The normalized spacial score (nSPS) is 19.6. The predicted molar refractivity (Wildman–Crippen MR) is 70.7 cm³/mol. The molecule has 1 saturated heterocycles. The maximum absolute atomic E-state index is 13.7. The van der Waals surface area contributed by atoms with Crippen LogP contribution in [0.15, 0.2) is 24.3 Å². The molecule has 1 aliphatic heterocycles. The molecular formula is C14H17FN2O3. The Morgan fingerprint density at radius 2 is 2.10 bits per heavy atom. The lowest BCUT2D eigenvalue weighted by molar-refractivity contribution is -0.148. The number of hydrogen-bond donors (Lipinski definition) is 2. The number of nitrogens with one attached hydrogen (secondary N) is 1. The van der Waals surface area contributed by atoms with Crippen molar-refractivity contribution in [2.45, 2.75) is 31.8 Å². The summed E-state index contributed by atoms with van der Waals surface area (Å²) in [6.45, 7) is 3.21. The van der Waals surface area contributed by atoms with Crippen molar-refractivity contribution in [1.82, 2.24) is 10.2 Å². The molecular weight excluding hydrogens is 263 g/mol. The van der Waals surface area contributed by atoms with Crippen molar-refractivity contribution >= 4 is 12.0 Å². The molecule has 1 fully saturated rings. The van der Waals surface area contributed by atoms with Gasteiger partial charge in [-0.15, -0.1) is 0 Å². The first-order valence-corrected chi connectivity index (χ1v) is 6.40. The van der Waals surface area contributed by atoms with Gasteiger partial charge in [0, 0.05) is 12.1 Å². The number of urea groups is 1. The van der Waals surface area contributed by atoms with Crippen LogP contribution in [0.2, 0.25) is 0 Å². The first kappa shape index (κ1) is 14.3. The molecule has 1 unspecified atom stereocenters. The summed E-state index contributed by atoms with van der Waals surface area (Å²) in [6, 6.07) is 5.34. The Morgan fingerprint density at radius 1 is 1.45 bits per heavy atom. The summed E-state index contributed by atoms with van der Waals surface area (Å²) in [5, 5.41) is 11.8. The van der Waals surface area contributed by atoms with Gasteiger partial charge in [0.1, 0.15) is 11.4 Å². The molecule has 1 aliphatic rings. The molecule has 0 aromatic heterocycles. The van der Waals surface area contributed by atoms with Crippen molar-refractivity contribution in [3.8, 4) is 0 Å². The lowest BCUT2D eigenvalue weighted by atomic mass is 9.97. The first-order chi connectivity index (χ1) is 9.34. The minimum absolute atomic E-state index is 0.268. The second-order valence-corrected chi connectivity index (χ2v) is 5.33. The highest BCUT2D eigenvalue weighted by Gasteiger charge is 2.41. The maximum atomic E-state index is 13.7. The van der Waals surface area contributed by atoms with Crippen LogP contribution in [0, 0.1) is 5.82 Å². The van der Waals surface area contributed by atoms with Gasteiger partial charge in [-0.3, -0.25) is 0 Å². The van der Waals surface area contributed by atoms with Crippen molar-refractivity contribution in [2.75, 3.05) is 6.54 Å². The molecule has 2 N–H and O–H groups in total. The van der Waals surface area contributed by atoms with Gasteiger partial charge in [0.2, 0.25) is 0 Å². The summed E-state index contributed by atoms with van der Waals surface area (Å²) in [6.07, 6.45) is 0.462. The molecule has 20 heavy (non-hydrogen) atoms. The fourth-order valence-corrected chi connectivity index (χ4v) is 2.30. The largest absolute Gasteiger partial charge is 0.480 e. The number of carboxylic acid groups (broad SMARTS) is 1. The molecule has 0 radical (unpaired) electrons. The molecule has 6 heteroatoms. The molecule has 1 aromatic carbocycles. The third-order valence-electron chi connectivity index (χ3n) is 3.66. The summed E-state index contributed by atoms with van der Waals surface area (Å²) in [5.41, 5.74) is -0.863. The number of halogens is 1. The van der Waals surface area contributed by atoms with Crippen LogP contribution < -0.4 is 5.32 Å². The zero-order chi connectivity index (χ0) is 14.9. The number of hydrogen-bond acceptors (Lipinski definition) is 2. The topological polar surface area (TPSA) is 69.6 Å². The van der Waals surface area contributed by atoms with Gasteiger partial charge in [-0.2, -0.15) is 0 Å². The number of aliphatic carboxylic acids is 1. The molecule has 2 rings (SSSR count). The van der Waals surface area contributed by atoms with Gasteiger partial charge in [-0.1, -0.05) is 18.2 Å². The van der Waals surface area contributed by atoms with E-state index in [2.05, 4.69) is 5.32 Å². The molecule has 0 saturated carbocycles. The van der Waals surface area contributed by atoms with Crippen LogP contribution in [-0.2, 0) is 4.79 Å². The molecule has 1 aromatic rings. The van der Waals surface area contributed by atoms with E-state index < -0.39 is 23.6 Å². The quantitative estimate of drug-likeness (QED) is 0.891. The zero-order valence-corrected chi connectivity index (χ0v) is 11.4. The summed E-state index contributed by atoms with van der Waals surface area (Å²) in [5.74, 6) is -1.44. The van der Waals surface area contributed by atoms with E-state index in [1.807, 2.05) is 0 Å². The van der Waals surface area contributed by atoms with E-state index in [1.165, 1.54) is 24.8 Å². The van der Waals surface area contributed by atoms with Crippen LogP contribution in [-0.4, -0.2) is 34.1 Å². The van der Waals surface area contributed by atoms with Crippen LogP contribution in [0.5, 0.6) is 0 Å². The van der Waals surface area contributed by atoms with Gasteiger partial charge < -0.3 is 15.3 Å². The highest BCUT2D eigenvalue weighted by atomic mass is 19.1. The van der Waals surface area contributed by atoms with E-state index in [0.29, 0.717) is 12.0 Å². The van der Waals surface area contributed by atoms with Crippen molar-refractivity contribution < 1.29 is 19.1 Å². The second kappa shape index (κ2) is 5.11. The molecule has 1 heterocycles. The molecule has 2 amide bonds. The molecule has 0 spiro atoms. The van der Waals surface area contributed by atoms with Gasteiger partial charge in [0.25, 0.3) is 0 Å². The van der Waals surface area contributed by atoms with E-state index in [9.17, 15) is 14.0 Å². The van der Waals surface area contributed by atoms with E-state index in [-0.39, 0.29) is 12.4 Å². The second-order valence-electron chi connectivity index (χ2n) is 5.33. The number of amides is 2. The average Bonchev–Trinajstić information content (AvgIpc) is 2.38. The van der Waals surface area contributed by atoms with Crippen molar-refractivity contribution in [3.05, 3.63) is 35.6 Å². The Labute approximate surface area is 116 Å². The fourth-order valence-electron chi connectivity index (χ4n) is 2.30. The smallest absolute Gasteiger partial charge is 0.329 e. The van der Waals surface area contributed by atoms with E-state index in [0.717, 1.165) is 0 Å². The number of carbonyl (C=O) groups is 2. The molecule has 108 valence electrons. The number of benzene rings is 1. The van der Waals surface area contributed by atoms with Crippen LogP contribution in [0.3, 0.4) is 0 Å². The Morgan fingerprint density at radius 3 is 2.65 bits per heavy atom. The number of carboxylic acids is 1. The van der Waals surface area contributed by atoms with Crippen LogP contribution in [0.1, 0.15) is 31.9 Å². The minimum Gasteiger partial charge on any atom is -0.480 e. The van der Waals surface area contributed by atoms with Crippen LogP contribution >= 0.6 is 0 Å². The Kier molecular flexibility index (Phi) is 3.65. The van der Waals surface area contributed by atoms with Gasteiger partial charge in [0.05, 0.1) is 6.04 Å². The minimum atomic E-state index is -1.29. The number of rotatable bonds is 3. The third-order valence-corrected chi connectivity index (χ3v) is 3.66. The Hall–Kier alpha value is -2.11. The SMILES string of the molecule is CC(C)(C(=O)O)N1CCC(c2ccccc2F)NC1=O. The average molecular weight is 280 g/mol. The highest BCUT2D eigenvalue weighted by Crippen LogP contribution is 2.27. The van der Waals surface area contributed by atoms with Gasteiger partial charge in [0.15, 0.2) is 0 Å². The van der Waals surface area contributed by atoms with Crippen molar-refractivity contribution in [1.29, 1.82) is 0 Å². The number of carbonyl (C=O) groups excluding carboxylic acids is 1. The van der Waals surface area contributed by atoms with E-state index >= 15 is 0 Å². The van der Waals surface area contributed by atoms with Crippen LogP contribution in [0.25, 0.3) is 0 Å². The predicted octanol–water partition coefficient (Wildman–Crippen LogP) is 2.15. The molecule has 5 nitrogen and oxygen atoms in total. The Bertz CT molecular complexity index is 545. The summed E-state index contributed by atoms with van der Waals surface area (Å²) in [4.78, 5) is 24.5. The lowest BCUT2D eigenvalue weighted by Gasteiger charge is -2.40. The highest BCUT2D eigenvalue weighted by molar-refractivity contribution is 5.86. The van der Waals surface area contributed by atoms with Crippen molar-refractivity contribution in [3.63, 3.8) is 0 Å². The van der Waals surface area contributed by atoms with E-state index in [1.54, 1.807) is 18.2 Å². The molecule has 0 bridgehead atoms.